The Bertz CT molecular complexity index is 802. The van der Waals surface area contributed by atoms with Gasteiger partial charge in [-0.05, 0) is 15.9 Å². The lowest BCUT2D eigenvalue weighted by Gasteiger charge is -2.02. The normalized spacial score (nSPS) is 10.4. The van der Waals surface area contributed by atoms with Crippen molar-refractivity contribution in [3.05, 3.63) is 47.2 Å². The summed E-state index contributed by atoms with van der Waals surface area (Å²) in [4.78, 5) is 37.1. The molecule has 0 N–H and O–H groups in total. The van der Waals surface area contributed by atoms with Gasteiger partial charge in [0, 0.05) is 6.20 Å². The molecule has 0 aliphatic carbocycles. The third-order valence-electron chi connectivity index (χ3n) is 2.33. The van der Waals surface area contributed by atoms with E-state index in [2.05, 4.69) is 25.7 Å². The zero-order chi connectivity index (χ0) is 15.7. The molecule has 8 nitrogen and oxygen atoms in total. The van der Waals surface area contributed by atoms with Crippen LogP contribution in [-0.2, 0) is 4.74 Å². The fourth-order valence-corrected chi connectivity index (χ4v) is 2.96. The molecule has 0 atom stereocenters. The van der Waals surface area contributed by atoms with Gasteiger partial charge in [0.2, 0.25) is 0 Å². The van der Waals surface area contributed by atoms with Gasteiger partial charge in [0.25, 0.3) is 5.43 Å². The van der Waals surface area contributed by atoms with Crippen LogP contribution in [0.2, 0.25) is 5.15 Å². The quantitative estimate of drug-likeness (QED) is 0.450. The highest BCUT2D eigenvalue weighted by atomic mass is 79.9. The summed E-state index contributed by atoms with van der Waals surface area (Å²) in [6, 6.07) is 0. The van der Waals surface area contributed by atoms with Crippen molar-refractivity contribution in [1.82, 2.24) is 9.55 Å². The Labute approximate surface area is 134 Å². The van der Waals surface area contributed by atoms with Crippen molar-refractivity contribution in [2.45, 2.75) is 0 Å². The van der Waals surface area contributed by atoms with Crippen LogP contribution in [0.3, 0.4) is 0 Å². The van der Waals surface area contributed by atoms with Gasteiger partial charge in [0.1, 0.15) is 0 Å². The van der Waals surface area contributed by atoms with E-state index in [9.17, 15) is 19.7 Å². The van der Waals surface area contributed by atoms with Crippen LogP contribution in [0.25, 0.3) is 5.13 Å². The number of pyridine rings is 1. The largest absolute Gasteiger partial charge is 0.465 e. The number of esters is 1. The van der Waals surface area contributed by atoms with Crippen LogP contribution >= 0.6 is 38.9 Å². The summed E-state index contributed by atoms with van der Waals surface area (Å²) in [6.45, 7) is 0. The number of ether oxygens (including phenoxy) is 1. The number of carbonyl (C=O) groups is 1. The molecule has 2 aromatic heterocycles. The highest BCUT2D eigenvalue weighted by Crippen LogP contribution is 2.27. The van der Waals surface area contributed by atoms with E-state index < -0.39 is 22.0 Å². The molecule has 0 saturated heterocycles. The van der Waals surface area contributed by atoms with E-state index in [0.29, 0.717) is 0 Å². The molecule has 2 aromatic rings. The number of thiazole rings is 1. The van der Waals surface area contributed by atoms with Crippen LogP contribution < -0.4 is 5.43 Å². The van der Waals surface area contributed by atoms with Crippen LogP contribution in [0.5, 0.6) is 0 Å². The molecule has 2 rings (SSSR count). The van der Waals surface area contributed by atoms with Crippen molar-refractivity contribution in [3.8, 4) is 5.13 Å². The molecule has 0 fully saturated rings. The lowest BCUT2D eigenvalue weighted by molar-refractivity contribution is -0.386. The smallest absolute Gasteiger partial charge is 0.351 e. The van der Waals surface area contributed by atoms with Crippen LogP contribution in [0.15, 0.2) is 21.7 Å². The van der Waals surface area contributed by atoms with Gasteiger partial charge in [-0.1, -0.05) is 22.9 Å². The monoisotopic (exact) mass is 393 g/mol. The average Bonchev–Trinajstić information content (AvgIpc) is 2.82. The van der Waals surface area contributed by atoms with Gasteiger partial charge >= 0.3 is 11.7 Å². The maximum atomic E-state index is 11.6. The highest BCUT2D eigenvalue weighted by Gasteiger charge is 2.21. The van der Waals surface area contributed by atoms with E-state index in [1.807, 2.05) is 0 Å². The zero-order valence-electron chi connectivity index (χ0n) is 10.2. The van der Waals surface area contributed by atoms with Crippen molar-refractivity contribution in [3.63, 3.8) is 0 Å². The predicted molar refractivity (Wildman–Crippen MR) is 78.4 cm³/mol. The first kappa shape index (κ1) is 15.6. The molecule has 0 unspecified atom stereocenters. The Kier molecular flexibility index (Phi) is 4.40. The predicted octanol–water partition coefficient (Wildman–Crippen LogP) is 2.40. The number of aromatic nitrogens is 2. The third kappa shape index (κ3) is 2.96. The second-order valence-electron chi connectivity index (χ2n) is 3.59. The summed E-state index contributed by atoms with van der Waals surface area (Å²) in [5, 5.41) is 10.9. The Balaban J connectivity index is 2.60. The molecule has 0 aromatic carbocycles. The number of carbonyl (C=O) groups excluding carboxylic acids is 1. The molecule has 0 aliphatic rings. The van der Waals surface area contributed by atoms with Crippen LogP contribution in [0.1, 0.15) is 9.67 Å². The molecule has 0 radical (unpaired) electrons. The van der Waals surface area contributed by atoms with E-state index in [0.717, 1.165) is 17.5 Å². The number of hydrogen-bond acceptors (Lipinski definition) is 7. The fourth-order valence-electron chi connectivity index (χ4n) is 1.39. The highest BCUT2D eigenvalue weighted by molar-refractivity contribution is 9.10. The van der Waals surface area contributed by atoms with Crippen molar-refractivity contribution in [1.29, 1.82) is 0 Å². The third-order valence-corrected chi connectivity index (χ3v) is 4.33. The first-order chi connectivity index (χ1) is 9.85. The van der Waals surface area contributed by atoms with Gasteiger partial charge in [-0.3, -0.25) is 19.5 Å². The van der Waals surface area contributed by atoms with Gasteiger partial charge in [-0.15, -0.1) is 0 Å². The molecule has 0 amide bonds. The minimum Gasteiger partial charge on any atom is -0.465 e. The number of halogens is 2. The molecule has 0 bridgehead atoms. The van der Waals surface area contributed by atoms with Crippen molar-refractivity contribution < 1.29 is 14.5 Å². The molecule has 0 saturated carbocycles. The minimum atomic E-state index is -0.806. The average molecular weight is 395 g/mol. The van der Waals surface area contributed by atoms with Crippen LogP contribution in [0, 0.1) is 10.1 Å². The Morgan fingerprint density at radius 1 is 1.57 bits per heavy atom. The molecular weight excluding hydrogens is 390 g/mol. The van der Waals surface area contributed by atoms with Gasteiger partial charge in [0.05, 0.1) is 22.7 Å². The summed E-state index contributed by atoms with van der Waals surface area (Å²) >= 11 is 9.64. The summed E-state index contributed by atoms with van der Waals surface area (Å²) in [7, 11) is 1.19. The van der Waals surface area contributed by atoms with Crippen molar-refractivity contribution >= 4 is 50.5 Å². The summed E-state index contributed by atoms with van der Waals surface area (Å²) in [6.07, 6.45) is 2.30. The van der Waals surface area contributed by atoms with Gasteiger partial charge in [-0.25, -0.2) is 9.78 Å². The molecular formula is C10H5BrClN3O5S. The van der Waals surface area contributed by atoms with E-state index in [4.69, 9.17) is 11.6 Å². The number of hydrogen-bond donors (Lipinski definition) is 0. The number of methoxy groups -OCH3 is 1. The summed E-state index contributed by atoms with van der Waals surface area (Å²) in [5.74, 6) is -0.668. The molecule has 21 heavy (non-hydrogen) atoms. The Hall–Kier alpha value is -1.78. The maximum Gasteiger partial charge on any atom is 0.351 e. The van der Waals surface area contributed by atoms with E-state index in [-0.39, 0.29) is 19.6 Å². The van der Waals surface area contributed by atoms with E-state index >= 15 is 0 Å². The van der Waals surface area contributed by atoms with Crippen LogP contribution in [-0.4, -0.2) is 27.6 Å². The van der Waals surface area contributed by atoms with Gasteiger partial charge in [0.15, 0.2) is 15.2 Å². The molecule has 2 heterocycles. The molecule has 110 valence electrons. The van der Waals surface area contributed by atoms with Gasteiger partial charge in [-0.2, -0.15) is 0 Å². The molecule has 0 spiro atoms. The number of rotatable bonds is 3. The summed E-state index contributed by atoms with van der Waals surface area (Å²) < 4.78 is 5.76. The molecule has 0 aliphatic heterocycles. The fraction of sp³-hybridized carbons (Fsp3) is 0.100. The first-order valence-electron chi connectivity index (χ1n) is 5.16. The summed E-state index contributed by atoms with van der Waals surface area (Å²) in [5.41, 5.74) is -1.39. The number of nitrogens with zero attached hydrogens (tertiary/aromatic N) is 3. The second kappa shape index (κ2) is 5.92. The maximum absolute atomic E-state index is 11.6. The van der Waals surface area contributed by atoms with Crippen molar-refractivity contribution in [2.75, 3.05) is 7.11 Å². The molecule has 11 heteroatoms. The van der Waals surface area contributed by atoms with E-state index in [1.165, 1.54) is 17.9 Å². The Morgan fingerprint density at radius 3 is 2.81 bits per heavy atom. The van der Waals surface area contributed by atoms with Crippen LogP contribution in [0.4, 0.5) is 5.69 Å². The lowest BCUT2D eigenvalue weighted by atomic mass is 10.4. The number of nitro groups is 1. The van der Waals surface area contributed by atoms with E-state index in [1.54, 1.807) is 0 Å². The first-order valence-corrected chi connectivity index (χ1v) is 7.15. The lowest BCUT2D eigenvalue weighted by Crippen LogP contribution is -2.12. The van der Waals surface area contributed by atoms with Crippen molar-refractivity contribution in [2.24, 2.45) is 0 Å². The SMILES string of the molecule is COC(=O)c1sc(-n2cc(Br)c(=O)c([N+](=O)[O-])c2)nc1Cl. The topological polar surface area (TPSA) is 104 Å². The van der Waals surface area contributed by atoms with Gasteiger partial charge < -0.3 is 4.74 Å². The second-order valence-corrected chi connectivity index (χ2v) is 5.78. The standard InChI is InChI=1S/C10H5BrClN3O5S/c1-20-9(17)7-8(12)13-10(21-7)14-2-4(11)6(16)5(3-14)15(18)19/h2-3H,1H3. The minimum absolute atomic E-state index is 0.0114. The zero-order valence-corrected chi connectivity index (χ0v) is 13.4. The Morgan fingerprint density at radius 2 is 2.24 bits per heavy atom.